The third kappa shape index (κ3) is 5.44. The van der Waals surface area contributed by atoms with Gasteiger partial charge in [0.1, 0.15) is 17.2 Å². The van der Waals surface area contributed by atoms with Crippen LogP contribution >= 0.6 is 0 Å². The summed E-state index contributed by atoms with van der Waals surface area (Å²) in [5.41, 5.74) is -4.42. The molecule has 0 radical (unpaired) electrons. The van der Waals surface area contributed by atoms with Crippen LogP contribution in [0.3, 0.4) is 0 Å². The van der Waals surface area contributed by atoms with Crippen LogP contribution in [0.15, 0.2) is 30.3 Å². The second kappa shape index (κ2) is 9.38. The van der Waals surface area contributed by atoms with Crippen molar-refractivity contribution in [1.82, 2.24) is 16.0 Å². The van der Waals surface area contributed by atoms with Crippen LogP contribution < -0.4 is 16.0 Å². The number of carbonyl (C=O) groups excluding carboxylic acids is 2. The molecule has 0 atom stereocenters. The molecule has 1 heterocycles. The molecule has 5 nitrogen and oxygen atoms in total. The topological polar surface area (TPSA) is 70.2 Å². The lowest BCUT2D eigenvalue weighted by molar-refractivity contribution is -0.140. The first-order valence-electron chi connectivity index (χ1n) is 9.75. The fraction of sp³-hybridized carbons (Fsp3) is 0.333. The highest BCUT2D eigenvalue weighted by Crippen LogP contribution is 2.33. The Kier molecular flexibility index (Phi) is 6.96. The standard InChI is InChI=1S/C21H18F7N3O2/c22-13-2-1-11(15(23)9-13)10-30-19(33)20(3-5-29-6-4-20)31-18(32)12-7-14(21(26,27)28)17(25)16(24)8-12/h1-2,7-9,29H,3-6,10H2,(H,30,33)(H,31,32). The summed E-state index contributed by atoms with van der Waals surface area (Å²) in [6, 6.07) is 3.21. The van der Waals surface area contributed by atoms with Crippen LogP contribution in [-0.4, -0.2) is 30.4 Å². The number of carbonyl (C=O) groups is 2. The van der Waals surface area contributed by atoms with Gasteiger partial charge in [0, 0.05) is 23.7 Å². The molecule has 0 aromatic heterocycles. The molecule has 178 valence electrons. The Morgan fingerprint density at radius 3 is 2.24 bits per heavy atom. The average Bonchev–Trinajstić information content (AvgIpc) is 2.74. The van der Waals surface area contributed by atoms with Crippen molar-refractivity contribution in [2.24, 2.45) is 0 Å². The molecule has 0 spiro atoms. The number of amides is 2. The van der Waals surface area contributed by atoms with E-state index in [2.05, 4.69) is 16.0 Å². The van der Waals surface area contributed by atoms with Crippen LogP contribution in [0.4, 0.5) is 30.7 Å². The zero-order valence-corrected chi connectivity index (χ0v) is 16.9. The van der Waals surface area contributed by atoms with Crippen molar-refractivity contribution in [2.75, 3.05) is 13.1 Å². The summed E-state index contributed by atoms with van der Waals surface area (Å²) in [5.74, 6) is -7.71. The number of alkyl halides is 3. The van der Waals surface area contributed by atoms with Gasteiger partial charge < -0.3 is 16.0 Å². The predicted octanol–water partition coefficient (Wildman–Crippen LogP) is 3.43. The van der Waals surface area contributed by atoms with Crippen LogP contribution in [0.5, 0.6) is 0 Å². The SMILES string of the molecule is O=C(NC1(C(=O)NCc2ccc(F)cc2F)CCNCC1)c1cc(F)c(F)c(C(F)(F)F)c1. The summed E-state index contributed by atoms with van der Waals surface area (Å²) < 4.78 is 93.2. The zero-order chi connectivity index (χ0) is 24.4. The number of rotatable bonds is 5. The van der Waals surface area contributed by atoms with E-state index in [1.54, 1.807) is 0 Å². The van der Waals surface area contributed by atoms with Crippen LogP contribution in [0.1, 0.15) is 34.3 Å². The van der Waals surface area contributed by atoms with E-state index in [9.17, 15) is 40.3 Å². The van der Waals surface area contributed by atoms with Crippen LogP contribution in [0.2, 0.25) is 0 Å². The molecule has 2 aromatic carbocycles. The van der Waals surface area contributed by atoms with Gasteiger partial charge in [0.15, 0.2) is 11.6 Å². The quantitative estimate of drug-likeness (QED) is 0.578. The summed E-state index contributed by atoms with van der Waals surface area (Å²) in [6.07, 6.45) is -5.21. The number of hydrogen-bond donors (Lipinski definition) is 3. The van der Waals surface area contributed by atoms with Gasteiger partial charge in [-0.05, 0) is 44.1 Å². The highest BCUT2D eigenvalue weighted by molar-refractivity contribution is 5.99. The maximum atomic E-state index is 13.8. The maximum absolute atomic E-state index is 13.8. The molecule has 12 heteroatoms. The lowest BCUT2D eigenvalue weighted by Crippen LogP contribution is -2.62. The average molecular weight is 477 g/mol. The summed E-state index contributed by atoms with van der Waals surface area (Å²) in [6.45, 7) is 0.160. The highest BCUT2D eigenvalue weighted by Gasteiger charge is 2.42. The second-order valence-corrected chi connectivity index (χ2v) is 7.52. The van der Waals surface area contributed by atoms with Gasteiger partial charge in [-0.1, -0.05) is 6.07 Å². The molecular weight excluding hydrogens is 459 g/mol. The summed E-state index contributed by atoms with van der Waals surface area (Å²) in [4.78, 5) is 25.6. The molecule has 2 aromatic rings. The van der Waals surface area contributed by atoms with Crippen molar-refractivity contribution in [3.63, 3.8) is 0 Å². The van der Waals surface area contributed by atoms with Gasteiger partial charge in [-0.2, -0.15) is 13.2 Å². The summed E-state index contributed by atoms with van der Waals surface area (Å²) >= 11 is 0. The molecule has 1 fully saturated rings. The fourth-order valence-electron chi connectivity index (χ4n) is 3.49. The molecule has 0 aliphatic carbocycles. The lowest BCUT2D eigenvalue weighted by atomic mass is 9.86. The zero-order valence-electron chi connectivity index (χ0n) is 16.9. The van der Waals surface area contributed by atoms with Gasteiger partial charge in [0.25, 0.3) is 5.91 Å². The predicted molar refractivity (Wildman–Crippen MR) is 102 cm³/mol. The van der Waals surface area contributed by atoms with Gasteiger partial charge in [-0.3, -0.25) is 9.59 Å². The molecule has 1 saturated heterocycles. The number of benzene rings is 2. The molecule has 0 saturated carbocycles. The van der Waals surface area contributed by atoms with Crippen molar-refractivity contribution in [3.8, 4) is 0 Å². The Hall–Kier alpha value is -3.15. The first-order chi connectivity index (χ1) is 15.4. The third-order valence-electron chi connectivity index (χ3n) is 5.29. The molecule has 3 N–H and O–H groups in total. The Balaban J connectivity index is 1.83. The molecule has 0 bridgehead atoms. The maximum Gasteiger partial charge on any atom is 0.419 e. The Labute approximate surface area is 183 Å². The van der Waals surface area contributed by atoms with Crippen LogP contribution in [0.25, 0.3) is 0 Å². The number of nitrogens with one attached hydrogen (secondary N) is 3. The largest absolute Gasteiger partial charge is 0.419 e. The third-order valence-corrected chi connectivity index (χ3v) is 5.29. The molecule has 1 aliphatic heterocycles. The van der Waals surface area contributed by atoms with E-state index in [1.165, 1.54) is 0 Å². The van der Waals surface area contributed by atoms with E-state index in [0.717, 1.165) is 12.1 Å². The molecule has 33 heavy (non-hydrogen) atoms. The normalized spacial score (nSPS) is 15.7. The molecule has 1 aliphatic rings. The lowest BCUT2D eigenvalue weighted by Gasteiger charge is -2.37. The van der Waals surface area contributed by atoms with E-state index in [4.69, 9.17) is 0 Å². The first kappa shape index (κ1) is 24.5. The van der Waals surface area contributed by atoms with Crippen molar-refractivity contribution in [2.45, 2.75) is 31.1 Å². The van der Waals surface area contributed by atoms with Crippen molar-refractivity contribution >= 4 is 11.8 Å². The van der Waals surface area contributed by atoms with Gasteiger partial charge in [0.05, 0.1) is 5.56 Å². The van der Waals surface area contributed by atoms with Crippen molar-refractivity contribution in [1.29, 1.82) is 0 Å². The van der Waals surface area contributed by atoms with E-state index in [-0.39, 0.29) is 44.1 Å². The minimum atomic E-state index is -5.25. The minimum Gasteiger partial charge on any atom is -0.350 e. The Morgan fingerprint density at radius 1 is 0.970 bits per heavy atom. The molecule has 2 amide bonds. The van der Waals surface area contributed by atoms with E-state index >= 15 is 0 Å². The van der Waals surface area contributed by atoms with Crippen molar-refractivity contribution in [3.05, 3.63) is 70.3 Å². The highest BCUT2D eigenvalue weighted by atomic mass is 19.4. The van der Waals surface area contributed by atoms with Crippen molar-refractivity contribution < 1.29 is 40.3 Å². The van der Waals surface area contributed by atoms with Crippen LogP contribution in [0, 0.1) is 23.3 Å². The molecular formula is C21H18F7N3O2. The number of halogens is 7. The minimum absolute atomic E-state index is 0.0201. The van der Waals surface area contributed by atoms with Gasteiger partial charge in [-0.25, -0.2) is 17.6 Å². The molecule has 3 rings (SSSR count). The van der Waals surface area contributed by atoms with Crippen LogP contribution in [-0.2, 0) is 17.5 Å². The smallest absolute Gasteiger partial charge is 0.350 e. The first-order valence-corrected chi connectivity index (χ1v) is 9.75. The van der Waals surface area contributed by atoms with E-state index in [0.29, 0.717) is 12.1 Å². The van der Waals surface area contributed by atoms with E-state index in [1.807, 2.05) is 0 Å². The molecule has 0 unspecified atom stereocenters. The van der Waals surface area contributed by atoms with Gasteiger partial charge >= 0.3 is 6.18 Å². The number of piperidine rings is 1. The fourth-order valence-corrected chi connectivity index (χ4v) is 3.49. The van der Waals surface area contributed by atoms with Gasteiger partial charge in [-0.15, -0.1) is 0 Å². The Morgan fingerprint density at radius 2 is 1.64 bits per heavy atom. The number of hydrogen-bond acceptors (Lipinski definition) is 3. The monoisotopic (exact) mass is 477 g/mol. The second-order valence-electron chi connectivity index (χ2n) is 7.52. The van der Waals surface area contributed by atoms with Gasteiger partial charge in [0.2, 0.25) is 5.91 Å². The van der Waals surface area contributed by atoms with E-state index < -0.39 is 57.9 Å². The summed E-state index contributed by atoms with van der Waals surface area (Å²) in [5, 5.41) is 7.71. The summed E-state index contributed by atoms with van der Waals surface area (Å²) in [7, 11) is 0. The Bertz CT molecular complexity index is 1070.